The molecular formula is C19H15F2NO4S. The Morgan fingerprint density at radius 3 is 2.56 bits per heavy atom. The van der Waals surface area contributed by atoms with Gasteiger partial charge in [-0.15, -0.1) is 11.3 Å². The lowest BCUT2D eigenvalue weighted by molar-refractivity contribution is 0.0464. The number of methoxy groups -OCH3 is 1. The van der Waals surface area contributed by atoms with Crippen molar-refractivity contribution in [3.63, 3.8) is 0 Å². The van der Waals surface area contributed by atoms with Crippen LogP contribution in [0.4, 0.5) is 8.78 Å². The van der Waals surface area contributed by atoms with Gasteiger partial charge in [0.25, 0.3) is 0 Å². The highest BCUT2D eigenvalue weighted by Crippen LogP contribution is 2.21. The summed E-state index contributed by atoms with van der Waals surface area (Å²) in [6.07, 6.45) is 0. The fourth-order valence-electron chi connectivity index (χ4n) is 2.21. The first-order chi connectivity index (χ1) is 13.0. The SMILES string of the molecule is COc1ccc(F)cc1C(=O)OCc1csc(COc2ccc(F)cc2)n1. The van der Waals surface area contributed by atoms with Crippen molar-refractivity contribution in [1.29, 1.82) is 0 Å². The third-order valence-electron chi connectivity index (χ3n) is 3.51. The number of halogens is 2. The summed E-state index contributed by atoms with van der Waals surface area (Å²) in [5, 5.41) is 2.41. The summed E-state index contributed by atoms with van der Waals surface area (Å²) >= 11 is 1.34. The van der Waals surface area contributed by atoms with E-state index in [1.807, 2.05) is 0 Å². The van der Waals surface area contributed by atoms with E-state index in [1.54, 1.807) is 5.38 Å². The highest BCUT2D eigenvalue weighted by molar-refractivity contribution is 7.09. The molecule has 0 atom stereocenters. The Morgan fingerprint density at radius 1 is 1.07 bits per heavy atom. The van der Waals surface area contributed by atoms with Crippen LogP contribution in [0, 0.1) is 11.6 Å². The van der Waals surface area contributed by atoms with Crippen molar-refractivity contribution in [3.8, 4) is 11.5 Å². The van der Waals surface area contributed by atoms with E-state index in [0.29, 0.717) is 16.5 Å². The fraction of sp³-hybridized carbons (Fsp3) is 0.158. The van der Waals surface area contributed by atoms with Crippen molar-refractivity contribution in [3.05, 3.63) is 75.7 Å². The average Bonchev–Trinajstić information content (AvgIpc) is 3.13. The van der Waals surface area contributed by atoms with Crippen LogP contribution in [0.2, 0.25) is 0 Å². The van der Waals surface area contributed by atoms with Gasteiger partial charge in [-0.05, 0) is 42.5 Å². The molecule has 0 aliphatic rings. The van der Waals surface area contributed by atoms with E-state index in [4.69, 9.17) is 14.2 Å². The largest absolute Gasteiger partial charge is 0.496 e. The van der Waals surface area contributed by atoms with Crippen LogP contribution in [0.3, 0.4) is 0 Å². The quantitative estimate of drug-likeness (QED) is 0.560. The lowest BCUT2D eigenvalue weighted by Gasteiger charge is -2.08. The van der Waals surface area contributed by atoms with Crippen LogP contribution >= 0.6 is 11.3 Å². The predicted octanol–water partition coefficient (Wildman–Crippen LogP) is 4.37. The summed E-state index contributed by atoms with van der Waals surface area (Å²) in [6.45, 7) is 0.146. The first kappa shape index (κ1) is 18.8. The summed E-state index contributed by atoms with van der Waals surface area (Å²) in [5.74, 6) is -0.846. The highest BCUT2D eigenvalue weighted by Gasteiger charge is 2.16. The highest BCUT2D eigenvalue weighted by atomic mass is 32.1. The number of benzene rings is 2. The molecule has 140 valence electrons. The fourth-order valence-corrected chi connectivity index (χ4v) is 2.90. The van der Waals surface area contributed by atoms with Gasteiger partial charge in [0.15, 0.2) is 0 Å². The minimum atomic E-state index is -0.705. The molecule has 0 spiro atoms. The Labute approximate surface area is 158 Å². The third-order valence-corrected chi connectivity index (χ3v) is 4.38. The molecule has 0 saturated heterocycles. The van der Waals surface area contributed by atoms with Crippen LogP contribution in [-0.4, -0.2) is 18.1 Å². The first-order valence-electron chi connectivity index (χ1n) is 7.87. The second-order valence-electron chi connectivity index (χ2n) is 5.40. The number of nitrogens with zero attached hydrogens (tertiary/aromatic N) is 1. The molecule has 0 fully saturated rings. The lowest BCUT2D eigenvalue weighted by atomic mass is 10.2. The van der Waals surface area contributed by atoms with Gasteiger partial charge in [0.2, 0.25) is 0 Å². The van der Waals surface area contributed by atoms with Gasteiger partial charge in [0, 0.05) is 5.38 Å². The number of carbonyl (C=O) groups is 1. The molecule has 27 heavy (non-hydrogen) atoms. The van der Waals surface area contributed by atoms with E-state index >= 15 is 0 Å². The molecule has 0 N–H and O–H groups in total. The predicted molar refractivity (Wildman–Crippen MR) is 94.9 cm³/mol. The number of ether oxygens (including phenoxy) is 3. The Bertz CT molecular complexity index is 928. The van der Waals surface area contributed by atoms with E-state index in [1.165, 1.54) is 54.8 Å². The van der Waals surface area contributed by atoms with Crippen molar-refractivity contribution >= 4 is 17.3 Å². The molecule has 0 bridgehead atoms. The van der Waals surface area contributed by atoms with Crippen LogP contribution in [0.1, 0.15) is 21.1 Å². The lowest BCUT2D eigenvalue weighted by Crippen LogP contribution is -2.08. The molecule has 0 saturated carbocycles. The summed E-state index contributed by atoms with van der Waals surface area (Å²) in [7, 11) is 1.39. The maximum Gasteiger partial charge on any atom is 0.342 e. The van der Waals surface area contributed by atoms with E-state index < -0.39 is 11.8 Å². The molecule has 0 radical (unpaired) electrons. The Hall–Kier alpha value is -3.00. The van der Waals surface area contributed by atoms with Crippen molar-refractivity contribution in [1.82, 2.24) is 4.98 Å². The first-order valence-corrected chi connectivity index (χ1v) is 8.75. The van der Waals surface area contributed by atoms with Crippen LogP contribution in [0.5, 0.6) is 11.5 Å². The van der Waals surface area contributed by atoms with Crippen LogP contribution in [0.15, 0.2) is 47.8 Å². The Balaban J connectivity index is 1.55. The zero-order chi connectivity index (χ0) is 19.2. The maximum absolute atomic E-state index is 13.3. The second-order valence-corrected chi connectivity index (χ2v) is 6.34. The molecule has 1 heterocycles. The molecule has 3 aromatic rings. The molecular weight excluding hydrogens is 376 g/mol. The number of hydrogen-bond donors (Lipinski definition) is 0. The van der Waals surface area contributed by atoms with Crippen LogP contribution in [0.25, 0.3) is 0 Å². The number of esters is 1. The molecule has 3 rings (SSSR count). The number of rotatable bonds is 7. The van der Waals surface area contributed by atoms with Crippen molar-refractivity contribution in [2.45, 2.75) is 13.2 Å². The maximum atomic E-state index is 13.3. The Kier molecular flexibility index (Phi) is 5.97. The Morgan fingerprint density at radius 2 is 1.81 bits per heavy atom. The van der Waals surface area contributed by atoms with Gasteiger partial charge < -0.3 is 14.2 Å². The number of carbonyl (C=O) groups excluding carboxylic acids is 1. The van der Waals surface area contributed by atoms with E-state index in [-0.39, 0.29) is 30.3 Å². The van der Waals surface area contributed by atoms with Gasteiger partial charge >= 0.3 is 5.97 Å². The minimum Gasteiger partial charge on any atom is -0.496 e. The molecule has 8 heteroatoms. The molecule has 0 aliphatic heterocycles. The van der Waals surface area contributed by atoms with Crippen LogP contribution in [-0.2, 0) is 18.0 Å². The average molecular weight is 391 g/mol. The van der Waals surface area contributed by atoms with Crippen molar-refractivity contribution < 1.29 is 27.8 Å². The monoisotopic (exact) mass is 391 g/mol. The summed E-state index contributed by atoms with van der Waals surface area (Å²) in [6, 6.07) is 9.29. The smallest absolute Gasteiger partial charge is 0.342 e. The molecule has 5 nitrogen and oxygen atoms in total. The normalized spacial score (nSPS) is 10.5. The van der Waals surface area contributed by atoms with Gasteiger partial charge in [-0.2, -0.15) is 0 Å². The number of aromatic nitrogens is 1. The summed E-state index contributed by atoms with van der Waals surface area (Å²) in [4.78, 5) is 16.5. The van der Waals surface area contributed by atoms with Gasteiger partial charge in [-0.3, -0.25) is 0 Å². The van der Waals surface area contributed by atoms with Gasteiger partial charge in [0.1, 0.15) is 46.9 Å². The zero-order valence-corrected chi connectivity index (χ0v) is 15.1. The van der Waals surface area contributed by atoms with Gasteiger partial charge in [0.05, 0.1) is 12.8 Å². The van der Waals surface area contributed by atoms with Gasteiger partial charge in [-0.1, -0.05) is 0 Å². The van der Waals surface area contributed by atoms with Gasteiger partial charge in [-0.25, -0.2) is 18.6 Å². The van der Waals surface area contributed by atoms with Crippen LogP contribution < -0.4 is 9.47 Å². The molecule has 0 amide bonds. The van der Waals surface area contributed by atoms with Crippen molar-refractivity contribution in [2.75, 3.05) is 7.11 Å². The van der Waals surface area contributed by atoms with E-state index in [2.05, 4.69) is 4.98 Å². The standard InChI is InChI=1S/C19H15F2NO4S/c1-24-17-7-4-13(21)8-16(17)19(23)26-9-14-11-27-18(22-14)10-25-15-5-2-12(20)3-6-15/h2-8,11H,9-10H2,1H3. The third kappa shape index (κ3) is 5.01. The van der Waals surface area contributed by atoms with E-state index in [0.717, 1.165) is 6.07 Å². The minimum absolute atomic E-state index is 0.00703. The topological polar surface area (TPSA) is 57.7 Å². The zero-order valence-electron chi connectivity index (χ0n) is 14.3. The second kappa shape index (κ2) is 8.59. The summed E-state index contributed by atoms with van der Waals surface area (Å²) in [5.41, 5.74) is 0.550. The number of hydrogen-bond acceptors (Lipinski definition) is 6. The van der Waals surface area contributed by atoms with E-state index in [9.17, 15) is 13.6 Å². The molecule has 1 aromatic heterocycles. The molecule has 0 unspecified atom stereocenters. The molecule has 0 aliphatic carbocycles. The number of thiazole rings is 1. The molecule has 2 aromatic carbocycles. The van der Waals surface area contributed by atoms with Crippen molar-refractivity contribution in [2.24, 2.45) is 0 Å². The summed E-state index contributed by atoms with van der Waals surface area (Å²) < 4.78 is 41.9.